The van der Waals surface area contributed by atoms with E-state index in [2.05, 4.69) is 128 Å². The average molecular weight is 568 g/mol. The van der Waals surface area contributed by atoms with Crippen molar-refractivity contribution >= 4 is 25.0 Å². The van der Waals surface area contributed by atoms with E-state index in [1.165, 1.54) is 14.2 Å². The number of phosphoric acid groups is 1. The van der Waals surface area contributed by atoms with E-state index in [1.54, 1.807) is 6.92 Å². The van der Waals surface area contributed by atoms with Crippen LogP contribution in [0, 0.1) is 124 Å². The summed E-state index contributed by atoms with van der Waals surface area (Å²) < 4.78 is 32.6. The van der Waals surface area contributed by atoms with Gasteiger partial charge in [-0.05, 0) is 114 Å². The first-order chi connectivity index (χ1) is 19.4. The molecule has 0 saturated heterocycles. The highest BCUT2D eigenvalue weighted by Gasteiger charge is 2.47. The molecule has 2 unspecified atom stereocenters. The second-order valence-corrected chi connectivity index (χ2v) is 9.00. The van der Waals surface area contributed by atoms with Crippen LogP contribution in [0.4, 0.5) is 0 Å². The fourth-order valence-electron chi connectivity index (χ4n) is 3.11. The Labute approximate surface area is 241 Å². The molecular weight excluding hydrogens is 545 g/mol. The van der Waals surface area contributed by atoms with Gasteiger partial charge in [0.25, 0.3) is 0 Å². The lowest BCUT2D eigenvalue weighted by molar-refractivity contribution is -0.0282. The summed E-state index contributed by atoms with van der Waals surface area (Å²) in [5.74, 6) is 50.5. The minimum absolute atomic E-state index is 0.216. The molecule has 0 bridgehead atoms. The van der Waals surface area contributed by atoms with Gasteiger partial charge in [0.2, 0.25) is 0 Å². The van der Waals surface area contributed by atoms with E-state index >= 15 is 0 Å². The van der Waals surface area contributed by atoms with Crippen molar-refractivity contribution in [2.24, 2.45) is 5.92 Å². The van der Waals surface area contributed by atoms with Crippen molar-refractivity contribution in [3.63, 3.8) is 0 Å². The van der Waals surface area contributed by atoms with Crippen LogP contribution in [0.2, 0.25) is 0 Å². The predicted octanol–water partition coefficient (Wildman–Crippen LogP) is 1.14. The molecule has 1 saturated carbocycles. The molecule has 0 aromatic carbocycles. The highest BCUT2D eigenvalue weighted by molar-refractivity contribution is 7.80. The molecule has 0 aliphatic heterocycles. The number of nitrogens with one attached hydrogen (secondary N) is 1. The Morgan fingerprint density at radius 1 is 0.800 bits per heavy atom. The Hall–Kier alpha value is -4.48. The number of ether oxygens (including phenoxy) is 2. The van der Waals surface area contributed by atoms with E-state index < -0.39 is 20.0 Å². The zero-order valence-electron chi connectivity index (χ0n) is 22.1. The largest absolute Gasteiger partial charge is 0.472 e. The van der Waals surface area contributed by atoms with Crippen LogP contribution in [0.3, 0.4) is 0 Å². The molecule has 7 nitrogen and oxygen atoms in total. The molecule has 0 aromatic rings. The molecule has 0 amide bonds. The van der Waals surface area contributed by atoms with Gasteiger partial charge >= 0.3 is 7.82 Å². The quantitative estimate of drug-likeness (QED) is 0.269. The van der Waals surface area contributed by atoms with Gasteiger partial charge in [0.1, 0.15) is 12.2 Å². The Balaban J connectivity index is 2.64. The van der Waals surface area contributed by atoms with Gasteiger partial charge in [0.15, 0.2) is 4.99 Å². The van der Waals surface area contributed by atoms with Crippen molar-refractivity contribution in [3.05, 3.63) is 0 Å². The van der Waals surface area contributed by atoms with Gasteiger partial charge in [-0.25, -0.2) is 4.57 Å². The number of rotatable bonds is 7. The summed E-state index contributed by atoms with van der Waals surface area (Å²) in [5.41, 5.74) is 0. The number of phosphoric ester groups is 1. The van der Waals surface area contributed by atoms with Gasteiger partial charge < -0.3 is 19.7 Å². The Bertz CT molecular complexity index is 1630. The fourth-order valence-corrected chi connectivity index (χ4v) is 3.99. The minimum atomic E-state index is -4.24. The van der Waals surface area contributed by atoms with Crippen molar-refractivity contribution in [2.75, 3.05) is 27.9 Å². The molecule has 1 rings (SSSR count). The lowest BCUT2D eigenvalue weighted by Gasteiger charge is -2.26. The van der Waals surface area contributed by atoms with Crippen LogP contribution >= 0.6 is 20.0 Å². The van der Waals surface area contributed by atoms with E-state index in [-0.39, 0.29) is 23.6 Å². The Kier molecular flexibility index (Phi) is 17.2. The van der Waals surface area contributed by atoms with Crippen molar-refractivity contribution in [1.82, 2.24) is 5.32 Å². The molecule has 198 valence electrons. The lowest BCUT2D eigenvalue weighted by atomic mass is 10.1. The fraction of sp³-hybridized carbons (Fsp3) is 0.323. The van der Waals surface area contributed by atoms with Gasteiger partial charge in [0, 0.05) is 39.1 Å². The van der Waals surface area contributed by atoms with Crippen LogP contribution in [0.15, 0.2) is 0 Å². The summed E-state index contributed by atoms with van der Waals surface area (Å²) in [4.78, 5) is 9.98. The van der Waals surface area contributed by atoms with Crippen LogP contribution < -0.4 is 5.32 Å². The topological polar surface area (TPSA) is 86.3 Å². The molecule has 9 heteroatoms. The van der Waals surface area contributed by atoms with Crippen LogP contribution in [-0.4, -0.2) is 56.1 Å². The van der Waals surface area contributed by atoms with E-state index in [0.29, 0.717) is 6.42 Å². The number of methoxy groups -OCH3 is 2. The van der Waals surface area contributed by atoms with E-state index in [0.717, 1.165) is 7.11 Å². The number of hydrogen-bond donors (Lipinski definition) is 2. The van der Waals surface area contributed by atoms with Gasteiger partial charge in [-0.1, -0.05) is 18.1 Å². The predicted molar refractivity (Wildman–Crippen MR) is 155 cm³/mol. The third kappa shape index (κ3) is 14.5. The summed E-state index contributed by atoms with van der Waals surface area (Å²) in [5, 5.41) is 3.07. The minimum Gasteiger partial charge on any atom is -0.384 e. The first-order valence-corrected chi connectivity index (χ1v) is 13.1. The maximum Gasteiger partial charge on any atom is 0.472 e. The van der Waals surface area contributed by atoms with Gasteiger partial charge in [-0.15, -0.1) is 0 Å². The third-order valence-electron chi connectivity index (χ3n) is 4.56. The maximum atomic E-state index is 12.0. The SMILES string of the molecule is CC#CC#CC#CC#CC#CC#CC#CC#CC#CC#CC(=S)N[C@@H]1C[C@H](COC)[C@H](OP(=O)(O)OC)C1OC. The monoisotopic (exact) mass is 567 g/mol. The highest BCUT2D eigenvalue weighted by Crippen LogP contribution is 2.48. The zero-order valence-corrected chi connectivity index (χ0v) is 23.8. The summed E-state index contributed by atoms with van der Waals surface area (Å²) in [6.07, 6.45) is -0.855. The zero-order chi connectivity index (χ0) is 29.5. The average Bonchev–Trinajstić information content (AvgIpc) is 3.24. The van der Waals surface area contributed by atoms with E-state index in [4.69, 9.17) is 26.2 Å². The second kappa shape index (κ2) is 20.5. The Morgan fingerprint density at radius 3 is 1.65 bits per heavy atom. The summed E-state index contributed by atoms with van der Waals surface area (Å²) in [7, 11) is -0.153. The van der Waals surface area contributed by atoms with Crippen LogP contribution in [0.25, 0.3) is 0 Å². The highest BCUT2D eigenvalue weighted by atomic mass is 32.1. The van der Waals surface area contributed by atoms with Gasteiger partial charge in [-0.3, -0.25) is 9.05 Å². The maximum absolute atomic E-state index is 12.0. The molecule has 5 atom stereocenters. The molecule has 40 heavy (non-hydrogen) atoms. The van der Waals surface area contributed by atoms with Crippen LogP contribution in [0.1, 0.15) is 13.3 Å². The lowest BCUT2D eigenvalue weighted by Crippen LogP contribution is -2.44. The normalized spacial score (nSPS) is 18.4. The van der Waals surface area contributed by atoms with Crippen molar-refractivity contribution in [3.8, 4) is 118 Å². The standard InChI is InChI=1S/C31H22NO6PS/c1-5-6-7-8-9-10-11-12-13-14-15-16-17-18-19-20-21-22-23-24-29(40)32-28-25-27(26-35-2)30(31(28)36-3)38-39(33,34)37-4/h27-28,30-31H,25-26H2,1-4H3,(H,32,40)(H,33,34)/t27-,28-,30+,31?/m1/s1. The molecule has 1 aliphatic carbocycles. The Morgan fingerprint density at radius 2 is 1.25 bits per heavy atom. The van der Waals surface area contributed by atoms with Crippen molar-refractivity contribution in [2.45, 2.75) is 31.6 Å². The van der Waals surface area contributed by atoms with Crippen LogP contribution in [0.5, 0.6) is 0 Å². The smallest absolute Gasteiger partial charge is 0.384 e. The molecule has 0 spiro atoms. The van der Waals surface area contributed by atoms with Crippen LogP contribution in [-0.2, 0) is 23.1 Å². The first-order valence-electron chi connectivity index (χ1n) is 11.2. The molecule has 1 fully saturated rings. The molecule has 0 aromatic heterocycles. The molecule has 1 aliphatic rings. The number of thiocarbonyl (C=S) groups is 1. The first kappa shape index (κ1) is 33.5. The van der Waals surface area contributed by atoms with Gasteiger partial charge in [-0.2, -0.15) is 0 Å². The van der Waals surface area contributed by atoms with Crippen molar-refractivity contribution < 1.29 is 28.0 Å². The molecule has 2 N–H and O–H groups in total. The summed E-state index contributed by atoms with van der Waals surface area (Å²) in [6, 6.07) is -0.339. The second-order valence-electron chi connectivity index (χ2n) is 7.08. The van der Waals surface area contributed by atoms with Crippen molar-refractivity contribution in [1.29, 1.82) is 0 Å². The summed E-state index contributed by atoms with van der Waals surface area (Å²) >= 11 is 5.27. The molecule has 0 radical (unpaired) electrons. The van der Waals surface area contributed by atoms with E-state index in [1.807, 2.05) is 0 Å². The molecular formula is C31H22NO6PS. The van der Waals surface area contributed by atoms with Gasteiger partial charge in [0.05, 0.1) is 12.6 Å². The molecule has 0 heterocycles. The number of hydrogen-bond acceptors (Lipinski definition) is 6. The third-order valence-corrected chi connectivity index (χ3v) is 5.75. The van der Waals surface area contributed by atoms with E-state index in [9.17, 15) is 9.46 Å². The summed E-state index contributed by atoms with van der Waals surface area (Å²) in [6.45, 7) is 1.97.